The van der Waals surface area contributed by atoms with Gasteiger partial charge in [-0.1, -0.05) is 0 Å². The van der Waals surface area contributed by atoms with Gasteiger partial charge in [-0.2, -0.15) is 0 Å². The number of nitrogens with zero attached hydrogens (tertiary/aromatic N) is 1. The van der Waals surface area contributed by atoms with Crippen molar-refractivity contribution in [2.45, 2.75) is 20.8 Å². The molecule has 1 aromatic heterocycles. The van der Waals surface area contributed by atoms with Gasteiger partial charge in [0.05, 0.1) is 0 Å². The second-order valence-corrected chi connectivity index (χ2v) is 4.26. The van der Waals surface area contributed by atoms with E-state index in [0.717, 1.165) is 16.8 Å². The first-order valence-corrected chi connectivity index (χ1v) is 5.34. The van der Waals surface area contributed by atoms with Crippen LogP contribution < -0.4 is 0 Å². The molecule has 1 heterocycles. The van der Waals surface area contributed by atoms with Crippen LogP contribution in [-0.2, 0) is 11.1 Å². The van der Waals surface area contributed by atoms with Crippen molar-refractivity contribution < 1.29 is 8.76 Å². The summed E-state index contributed by atoms with van der Waals surface area (Å²) >= 11 is -1.88. The molecule has 0 saturated carbocycles. The minimum atomic E-state index is -1.88. The van der Waals surface area contributed by atoms with Gasteiger partial charge in [0.15, 0.2) is 11.1 Å². The average molecular weight is 211 g/mol. The monoisotopic (exact) mass is 211 g/mol. The molecule has 1 aromatic rings. The van der Waals surface area contributed by atoms with Crippen LogP contribution in [0.25, 0.3) is 6.08 Å². The summed E-state index contributed by atoms with van der Waals surface area (Å²) in [4.78, 5) is 4.57. The Balaban J connectivity index is 3.15. The van der Waals surface area contributed by atoms with Gasteiger partial charge in [0, 0.05) is 16.8 Å². The summed E-state index contributed by atoms with van der Waals surface area (Å²) in [6, 6.07) is 1.83. The highest BCUT2D eigenvalue weighted by Crippen LogP contribution is 2.14. The van der Waals surface area contributed by atoms with E-state index in [9.17, 15) is 4.21 Å². The predicted molar refractivity (Wildman–Crippen MR) is 58.1 cm³/mol. The maximum absolute atomic E-state index is 10.7. The molecule has 1 atom stereocenters. The number of pyridine rings is 1. The van der Waals surface area contributed by atoms with Gasteiger partial charge in [-0.05, 0) is 44.0 Å². The highest BCUT2D eigenvalue weighted by molar-refractivity contribution is 7.83. The molecule has 1 rings (SSSR count). The summed E-state index contributed by atoms with van der Waals surface area (Å²) in [5.74, 6) is 0. The minimum absolute atomic E-state index is 0.443. The van der Waals surface area contributed by atoms with E-state index in [2.05, 4.69) is 4.98 Å². The highest BCUT2D eigenvalue weighted by Gasteiger charge is 2.01. The number of hydrogen-bond donors (Lipinski definition) is 1. The van der Waals surface area contributed by atoms with Crippen LogP contribution in [0.3, 0.4) is 0 Å². The Hall–Kier alpha value is -1.00. The summed E-state index contributed by atoms with van der Waals surface area (Å²) in [6.45, 7) is 5.49. The number of aryl methyl sites for hydroxylation is 1. The van der Waals surface area contributed by atoms with Crippen LogP contribution in [0.5, 0.6) is 0 Å². The van der Waals surface area contributed by atoms with E-state index in [4.69, 9.17) is 4.55 Å². The van der Waals surface area contributed by atoms with Crippen LogP contribution in [0, 0.1) is 13.8 Å². The van der Waals surface area contributed by atoms with Crippen LogP contribution in [0.15, 0.2) is 17.2 Å². The first-order valence-electron chi connectivity index (χ1n) is 4.23. The fraction of sp³-hybridized carbons (Fsp3) is 0.300. The molecule has 1 N–H and O–H groups in total. The lowest BCUT2D eigenvalue weighted by Gasteiger charge is -2.03. The molecular weight excluding hydrogens is 198 g/mol. The van der Waals surface area contributed by atoms with E-state index < -0.39 is 11.1 Å². The molecule has 0 saturated heterocycles. The van der Waals surface area contributed by atoms with E-state index >= 15 is 0 Å². The van der Waals surface area contributed by atoms with E-state index in [0.29, 0.717) is 4.91 Å². The summed E-state index contributed by atoms with van der Waals surface area (Å²) in [5, 5.41) is 0. The molecule has 3 nitrogen and oxygen atoms in total. The topological polar surface area (TPSA) is 50.2 Å². The quantitative estimate of drug-likeness (QED) is 0.763. The molecule has 0 bridgehead atoms. The SMILES string of the molecule is CC(=Cc1ccnc(C)c1C)S(=O)O. The molecule has 0 aromatic carbocycles. The predicted octanol–water partition coefficient (Wildman–Crippen LogP) is 2.28. The molecule has 0 aliphatic rings. The number of hydrogen-bond acceptors (Lipinski definition) is 2. The van der Waals surface area contributed by atoms with Crippen molar-refractivity contribution in [3.8, 4) is 0 Å². The zero-order valence-electron chi connectivity index (χ0n) is 8.44. The third kappa shape index (κ3) is 2.49. The maximum Gasteiger partial charge on any atom is 0.182 e. The van der Waals surface area contributed by atoms with Crippen molar-refractivity contribution in [3.05, 3.63) is 34.0 Å². The smallest absolute Gasteiger partial charge is 0.182 e. The Morgan fingerprint density at radius 1 is 1.57 bits per heavy atom. The first-order chi connectivity index (χ1) is 6.52. The van der Waals surface area contributed by atoms with Crippen LogP contribution in [0.1, 0.15) is 23.7 Å². The molecule has 0 aliphatic carbocycles. The molecule has 14 heavy (non-hydrogen) atoms. The highest BCUT2D eigenvalue weighted by atomic mass is 32.2. The van der Waals surface area contributed by atoms with Gasteiger partial charge < -0.3 is 4.55 Å². The van der Waals surface area contributed by atoms with E-state index in [1.54, 1.807) is 19.2 Å². The summed E-state index contributed by atoms with van der Waals surface area (Å²) in [7, 11) is 0. The van der Waals surface area contributed by atoms with Crippen molar-refractivity contribution in [2.75, 3.05) is 0 Å². The molecule has 0 aliphatic heterocycles. The third-order valence-corrected chi connectivity index (χ3v) is 2.80. The molecule has 0 fully saturated rings. The zero-order chi connectivity index (χ0) is 10.7. The largest absolute Gasteiger partial charge is 0.302 e. The van der Waals surface area contributed by atoms with Gasteiger partial charge in [0.2, 0.25) is 0 Å². The van der Waals surface area contributed by atoms with Crippen LogP contribution in [-0.4, -0.2) is 13.7 Å². The van der Waals surface area contributed by atoms with Crippen molar-refractivity contribution in [3.63, 3.8) is 0 Å². The van der Waals surface area contributed by atoms with Crippen molar-refractivity contribution in [1.29, 1.82) is 0 Å². The fourth-order valence-corrected chi connectivity index (χ4v) is 1.31. The normalized spacial score (nSPS) is 14.1. The standard InChI is InChI=1S/C10H13NO2S/c1-7(14(12)13)6-10-4-5-11-9(3)8(10)2/h4-6H,1-3H3,(H,12,13). The van der Waals surface area contributed by atoms with E-state index in [-0.39, 0.29) is 0 Å². The summed E-state index contributed by atoms with van der Waals surface area (Å²) in [6.07, 6.45) is 3.40. The van der Waals surface area contributed by atoms with E-state index in [1.807, 2.05) is 19.9 Å². The molecule has 76 valence electrons. The Labute approximate surface area is 86.2 Å². The Morgan fingerprint density at radius 2 is 2.21 bits per heavy atom. The molecule has 0 radical (unpaired) electrons. The van der Waals surface area contributed by atoms with E-state index in [1.165, 1.54) is 0 Å². The van der Waals surface area contributed by atoms with Gasteiger partial charge >= 0.3 is 0 Å². The summed E-state index contributed by atoms with van der Waals surface area (Å²) < 4.78 is 19.6. The van der Waals surface area contributed by atoms with Gasteiger partial charge in [-0.3, -0.25) is 4.98 Å². The van der Waals surface area contributed by atoms with Crippen molar-refractivity contribution in [1.82, 2.24) is 4.98 Å². The second kappa shape index (κ2) is 4.48. The lowest BCUT2D eigenvalue weighted by Crippen LogP contribution is -1.92. The Morgan fingerprint density at radius 3 is 2.79 bits per heavy atom. The van der Waals surface area contributed by atoms with Crippen LogP contribution in [0.4, 0.5) is 0 Å². The Bertz CT molecular complexity index is 399. The number of allylic oxidation sites excluding steroid dienone is 1. The first kappa shape index (κ1) is 11.1. The van der Waals surface area contributed by atoms with Gasteiger partial charge in [-0.15, -0.1) is 0 Å². The van der Waals surface area contributed by atoms with Crippen molar-refractivity contribution in [2.24, 2.45) is 0 Å². The maximum atomic E-state index is 10.7. The lowest BCUT2D eigenvalue weighted by atomic mass is 10.1. The molecule has 4 heteroatoms. The summed E-state index contributed by atoms with van der Waals surface area (Å²) in [5.41, 5.74) is 2.92. The average Bonchev–Trinajstić information content (AvgIpc) is 2.12. The van der Waals surface area contributed by atoms with Crippen LogP contribution >= 0.6 is 0 Å². The second-order valence-electron chi connectivity index (χ2n) is 3.11. The van der Waals surface area contributed by atoms with Crippen LogP contribution in [0.2, 0.25) is 0 Å². The van der Waals surface area contributed by atoms with Gasteiger partial charge in [0.1, 0.15) is 0 Å². The molecular formula is C10H13NO2S. The molecule has 1 unspecified atom stereocenters. The van der Waals surface area contributed by atoms with Gasteiger partial charge in [-0.25, -0.2) is 4.21 Å². The van der Waals surface area contributed by atoms with Gasteiger partial charge in [0.25, 0.3) is 0 Å². The third-order valence-electron chi connectivity index (χ3n) is 2.13. The van der Waals surface area contributed by atoms with Crippen molar-refractivity contribution >= 4 is 17.2 Å². The number of rotatable bonds is 2. The fourth-order valence-electron chi connectivity index (χ4n) is 1.09. The lowest BCUT2D eigenvalue weighted by molar-refractivity contribution is 0.571. The molecule has 0 amide bonds. The zero-order valence-corrected chi connectivity index (χ0v) is 9.26. The molecule has 0 spiro atoms. The number of aromatic nitrogens is 1. The minimum Gasteiger partial charge on any atom is -0.302 e. The Kier molecular flexibility index (Phi) is 3.55.